The number of aryl methyl sites for hydroxylation is 1. The van der Waals surface area contributed by atoms with E-state index in [1.807, 2.05) is 20.8 Å². The molecular formula is C16H18FN2O2-. The van der Waals surface area contributed by atoms with Gasteiger partial charge in [0.1, 0.15) is 5.82 Å². The van der Waals surface area contributed by atoms with Gasteiger partial charge in [-0.15, -0.1) is 0 Å². The van der Waals surface area contributed by atoms with Crippen LogP contribution in [0.1, 0.15) is 54.9 Å². The molecule has 0 atom stereocenters. The Morgan fingerprint density at radius 2 is 2.14 bits per heavy atom. The molecule has 4 nitrogen and oxygen atoms in total. The van der Waals surface area contributed by atoms with E-state index in [2.05, 4.69) is 5.10 Å². The van der Waals surface area contributed by atoms with Crippen molar-refractivity contribution in [3.8, 4) is 5.69 Å². The molecule has 0 spiro atoms. The van der Waals surface area contributed by atoms with Gasteiger partial charge in [-0.3, -0.25) is 0 Å². The van der Waals surface area contributed by atoms with Crippen LogP contribution in [0.4, 0.5) is 4.39 Å². The first-order chi connectivity index (χ1) is 9.95. The van der Waals surface area contributed by atoms with Gasteiger partial charge in [0.05, 0.1) is 23.0 Å². The molecule has 5 heteroatoms. The summed E-state index contributed by atoms with van der Waals surface area (Å²) < 4.78 is 14.9. The second-order valence-corrected chi connectivity index (χ2v) is 5.29. The molecule has 1 aromatic carbocycles. The van der Waals surface area contributed by atoms with Gasteiger partial charge in [0.2, 0.25) is 0 Å². The Morgan fingerprint density at radius 3 is 2.67 bits per heavy atom. The lowest BCUT2D eigenvalue weighted by molar-refractivity contribution is -0.255. The Morgan fingerprint density at radius 1 is 1.43 bits per heavy atom. The second-order valence-electron chi connectivity index (χ2n) is 5.29. The van der Waals surface area contributed by atoms with Crippen LogP contribution in [0.15, 0.2) is 24.3 Å². The van der Waals surface area contributed by atoms with Gasteiger partial charge in [0, 0.05) is 5.56 Å². The topological polar surface area (TPSA) is 58.0 Å². The monoisotopic (exact) mass is 289 g/mol. The quantitative estimate of drug-likeness (QED) is 0.849. The van der Waals surface area contributed by atoms with E-state index in [9.17, 15) is 14.3 Å². The number of rotatable bonds is 5. The molecule has 2 aromatic rings. The fourth-order valence-electron chi connectivity index (χ4n) is 2.45. The fourth-order valence-corrected chi connectivity index (χ4v) is 2.45. The third-order valence-corrected chi connectivity index (χ3v) is 3.28. The summed E-state index contributed by atoms with van der Waals surface area (Å²) in [7, 11) is 0. The van der Waals surface area contributed by atoms with Crippen LogP contribution in [0.2, 0.25) is 0 Å². The van der Waals surface area contributed by atoms with E-state index in [1.54, 1.807) is 12.1 Å². The summed E-state index contributed by atoms with van der Waals surface area (Å²) in [5.74, 6) is -1.69. The third-order valence-electron chi connectivity index (χ3n) is 3.28. The van der Waals surface area contributed by atoms with Crippen LogP contribution in [0.3, 0.4) is 0 Å². The fraction of sp³-hybridized carbons (Fsp3) is 0.375. The summed E-state index contributed by atoms with van der Waals surface area (Å²) in [6.45, 7) is 5.72. The number of carbonyl (C=O) groups excluding carboxylic acids is 1. The van der Waals surface area contributed by atoms with E-state index in [-0.39, 0.29) is 17.3 Å². The highest BCUT2D eigenvalue weighted by Crippen LogP contribution is 2.26. The lowest BCUT2D eigenvalue weighted by Gasteiger charge is -2.13. The van der Waals surface area contributed by atoms with E-state index >= 15 is 0 Å². The average molecular weight is 289 g/mol. The van der Waals surface area contributed by atoms with Crippen molar-refractivity contribution in [3.05, 3.63) is 47.0 Å². The van der Waals surface area contributed by atoms with E-state index in [0.717, 1.165) is 6.42 Å². The third kappa shape index (κ3) is 2.96. The number of benzene rings is 1. The minimum absolute atomic E-state index is 0.0701. The molecule has 0 aliphatic heterocycles. The predicted molar refractivity (Wildman–Crippen MR) is 75.9 cm³/mol. The molecule has 0 unspecified atom stereocenters. The Labute approximate surface area is 123 Å². The maximum atomic E-state index is 13.4. The number of aromatic carboxylic acids is 1. The number of carboxylic acid groups (broad SMARTS) is 1. The van der Waals surface area contributed by atoms with Crippen LogP contribution < -0.4 is 5.11 Å². The normalized spacial score (nSPS) is 11.1. The number of halogens is 1. The van der Waals surface area contributed by atoms with Crippen molar-refractivity contribution in [1.82, 2.24) is 9.78 Å². The van der Waals surface area contributed by atoms with Crippen molar-refractivity contribution >= 4 is 5.97 Å². The number of carbonyl (C=O) groups is 1. The molecule has 0 saturated heterocycles. The number of hydrogen-bond acceptors (Lipinski definition) is 3. The van der Waals surface area contributed by atoms with Gasteiger partial charge in [-0.25, -0.2) is 9.07 Å². The molecule has 0 aliphatic rings. The first kappa shape index (κ1) is 15.2. The number of aromatic nitrogens is 2. The van der Waals surface area contributed by atoms with Crippen molar-refractivity contribution in [2.45, 2.75) is 39.5 Å². The first-order valence-corrected chi connectivity index (χ1v) is 7.04. The van der Waals surface area contributed by atoms with Gasteiger partial charge in [0.15, 0.2) is 0 Å². The van der Waals surface area contributed by atoms with Crippen LogP contribution >= 0.6 is 0 Å². The summed E-state index contributed by atoms with van der Waals surface area (Å²) in [5, 5.41) is 15.9. The Kier molecular flexibility index (Phi) is 4.40. The summed E-state index contributed by atoms with van der Waals surface area (Å²) in [6.07, 6.45) is 1.32. The van der Waals surface area contributed by atoms with Crippen molar-refractivity contribution in [2.24, 2.45) is 0 Å². The first-order valence-electron chi connectivity index (χ1n) is 7.04. The van der Waals surface area contributed by atoms with Crippen LogP contribution in [0, 0.1) is 5.82 Å². The minimum Gasteiger partial charge on any atom is -0.545 e. The zero-order valence-corrected chi connectivity index (χ0v) is 12.4. The predicted octanol–water partition coefficient (Wildman–Crippen LogP) is 2.45. The maximum Gasteiger partial charge on any atom is 0.125 e. The molecule has 1 heterocycles. The largest absolute Gasteiger partial charge is 0.545 e. The Hall–Kier alpha value is -2.17. The van der Waals surface area contributed by atoms with E-state index in [1.165, 1.54) is 16.8 Å². The molecule has 0 saturated carbocycles. The van der Waals surface area contributed by atoms with Gasteiger partial charge >= 0.3 is 0 Å². The van der Waals surface area contributed by atoms with Crippen molar-refractivity contribution in [1.29, 1.82) is 0 Å². The van der Waals surface area contributed by atoms with Crippen LogP contribution in [0.5, 0.6) is 0 Å². The molecule has 0 radical (unpaired) electrons. The number of carboxylic acids is 1. The molecule has 2 rings (SSSR count). The van der Waals surface area contributed by atoms with Gasteiger partial charge in [-0.1, -0.05) is 33.3 Å². The van der Waals surface area contributed by atoms with Gasteiger partial charge in [-0.2, -0.15) is 5.10 Å². The summed E-state index contributed by atoms with van der Waals surface area (Å²) in [6, 6.07) is 5.97. The van der Waals surface area contributed by atoms with Gasteiger partial charge < -0.3 is 9.90 Å². The van der Waals surface area contributed by atoms with E-state index < -0.39 is 5.97 Å². The van der Waals surface area contributed by atoms with Crippen LogP contribution in [-0.4, -0.2) is 15.7 Å². The summed E-state index contributed by atoms with van der Waals surface area (Å²) >= 11 is 0. The highest BCUT2D eigenvalue weighted by Gasteiger charge is 2.21. The Balaban J connectivity index is 2.70. The molecule has 0 amide bonds. The molecule has 1 aromatic heterocycles. The molecule has 0 bridgehead atoms. The standard InChI is InChI=1S/C16H19FN2O2/c1-4-6-13-14(16(20)21)15(10(2)3)19(18-13)12-8-5-7-11(17)9-12/h5,7-10H,4,6H2,1-3H3,(H,20,21)/p-1. The molecule has 21 heavy (non-hydrogen) atoms. The van der Waals surface area contributed by atoms with Crippen LogP contribution in [0.25, 0.3) is 5.69 Å². The zero-order chi connectivity index (χ0) is 15.6. The van der Waals surface area contributed by atoms with Gasteiger partial charge in [-0.05, 0) is 30.5 Å². The lowest BCUT2D eigenvalue weighted by atomic mass is 10.0. The molecule has 0 fully saturated rings. The lowest BCUT2D eigenvalue weighted by Crippen LogP contribution is -2.25. The highest BCUT2D eigenvalue weighted by molar-refractivity contribution is 5.89. The van der Waals surface area contributed by atoms with E-state index in [4.69, 9.17) is 0 Å². The SMILES string of the molecule is CCCc1nn(-c2cccc(F)c2)c(C(C)C)c1C(=O)[O-]. The molecular weight excluding hydrogens is 271 g/mol. The minimum atomic E-state index is -1.23. The zero-order valence-electron chi connectivity index (χ0n) is 12.4. The summed E-state index contributed by atoms with van der Waals surface area (Å²) in [5.41, 5.74) is 1.69. The van der Waals surface area contributed by atoms with Gasteiger partial charge in [0.25, 0.3) is 0 Å². The van der Waals surface area contributed by atoms with Crippen molar-refractivity contribution < 1.29 is 14.3 Å². The van der Waals surface area contributed by atoms with Crippen molar-refractivity contribution in [3.63, 3.8) is 0 Å². The molecule has 0 N–H and O–H groups in total. The maximum absolute atomic E-state index is 13.4. The molecule has 0 aliphatic carbocycles. The van der Waals surface area contributed by atoms with Crippen LogP contribution in [-0.2, 0) is 6.42 Å². The smallest absolute Gasteiger partial charge is 0.125 e. The Bertz CT molecular complexity index is 662. The second kappa shape index (κ2) is 6.08. The highest BCUT2D eigenvalue weighted by atomic mass is 19.1. The number of hydrogen-bond donors (Lipinski definition) is 0. The van der Waals surface area contributed by atoms with Crippen molar-refractivity contribution in [2.75, 3.05) is 0 Å². The number of nitrogens with zero attached hydrogens (tertiary/aromatic N) is 2. The van der Waals surface area contributed by atoms with E-state index in [0.29, 0.717) is 23.5 Å². The molecule has 112 valence electrons. The summed E-state index contributed by atoms with van der Waals surface area (Å²) in [4.78, 5) is 11.5. The average Bonchev–Trinajstić information content (AvgIpc) is 2.79.